The van der Waals surface area contributed by atoms with Gasteiger partial charge in [-0.1, -0.05) is 67.6 Å². The summed E-state index contributed by atoms with van der Waals surface area (Å²) in [5, 5.41) is 0.823. The van der Waals surface area contributed by atoms with Gasteiger partial charge in [-0.15, -0.1) is 0 Å². The number of para-hydroxylation sites is 1. The van der Waals surface area contributed by atoms with Crippen molar-refractivity contribution in [2.75, 3.05) is 4.90 Å². The second kappa shape index (κ2) is 6.60. The third-order valence-corrected chi connectivity index (χ3v) is 5.71. The number of amides is 1. The van der Waals surface area contributed by atoms with Crippen molar-refractivity contribution in [2.45, 2.75) is 39.2 Å². The summed E-state index contributed by atoms with van der Waals surface area (Å²) in [6.45, 7) is 4.96. The molecule has 0 saturated heterocycles. The molecule has 0 spiro atoms. The number of carbonyl (C=O) groups is 1. The van der Waals surface area contributed by atoms with E-state index >= 15 is 0 Å². The van der Waals surface area contributed by atoms with Crippen molar-refractivity contribution >= 4 is 32.6 Å². The second-order valence-electron chi connectivity index (χ2n) is 7.03. The van der Waals surface area contributed by atoms with Crippen molar-refractivity contribution in [3.63, 3.8) is 0 Å². The molecule has 0 radical (unpaired) electrons. The van der Waals surface area contributed by atoms with Gasteiger partial charge in [0.2, 0.25) is 5.91 Å². The largest absolute Gasteiger partial charge is 0.283 e. The Kier molecular flexibility index (Phi) is 4.30. The Hall–Kier alpha value is -2.20. The molecule has 0 N–H and O–H groups in total. The summed E-state index contributed by atoms with van der Waals surface area (Å²) < 4.78 is 1.16. The zero-order chi connectivity index (χ0) is 17.4. The molecule has 1 aromatic heterocycles. The van der Waals surface area contributed by atoms with Gasteiger partial charge >= 0.3 is 0 Å². The van der Waals surface area contributed by atoms with Crippen LogP contribution in [0.25, 0.3) is 10.2 Å². The number of thiazole rings is 1. The zero-order valence-corrected chi connectivity index (χ0v) is 15.4. The molecular formula is C21H22N2OS. The van der Waals surface area contributed by atoms with E-state index in [2.05, 4.69) is 44.2 Å². The van der Waals surface area contributed by atoms with Crippen LogP contribution < -0.4 is 4.90 Å². The molecule has 1 saturated carbocycles. The molecule has 2 aromatic carbocycles. The third kappa shape index (κ3) is 3.31. The maximum absolute atomic E-state index is 12.9. The van der Waals surface area contributed by atoms with Crippen LogP contribution in [0.5, 0.6) is 0 Å². The van der Waals surface area contributed by atoms with Gasteiger partial charge in [-0.2, -0.15) is 0 Å². The number of aromatic nitrogens is 1. The monoisotopic (exact) mass is 350 g/mol. The van der Waals surface area contributed by atoms with Gasteiger partial charge in [0, 0.05) is 5.92 Å². The fourth-order valence-corrected chi connectivity index (χ4v) is 4.10. The van der Waals surface area contributed by atoms with Gasteiger partial charge in [0.05, 0.1) is 16.8 Å². The van der Waals surface area contributed by atoms with E-state index in [0.717, 1.165) is 33.8 Å². The Morgan fingerprint density at radius 2 is 1.92 bits per heavy atom. The lowest BCUT2D eigenvalue weighted by Gasteiger charge is -2.20. The van der Waals surface area contributed by atoms with Crippen LogP contribution in [0.15, 0.2) is 48.5 Å². The molecule has 0 atom stereocenters. The molecule has 25 heavy (non-hydrogen) atoms. The molecule has 4 rings (SSSR count). The van der Waals surface area contributed by atoms with Gasteiger partial charge in [-0.05, 0) is 36.0 Å². The van der Waals surface area contributed by atoms with Crippen LogP contribution >= 0.6 is 11.3 Å². The Balaban J connectivity index is 1.75. The van der Waals surface area contributed by atoms with E-state index in [1.165, 1.54) is 5.56 Å². The van der Waals surface area contributed by atoms with Crippen LogP contribution in [-0.4, -0.2) is 10.9 Å². The maximum Gasteiger partial charge on any atom is 0.232 e. The maximum atomic E-state index is 12.9. The van der Waals surface area contributed by atoms with Crippen molar-refractivity contribution in [2.24, 2.45) is 5.92 Å². The summed E-state index contributed by atoms with van der Waals surface area (Å²) in [6, 6.07) is 16.5. The van der Waals surface area contributed by atoms with Gasteiger partial charge in [-0.25, -0.2) is 4.98 Å². The van der Waals surface area contributed by atoms with E-state index in [-0.39, 0.29) is 11.8 Å². The number of hydrogen-bond acceptors (Lipinski definition) is 3. The van der Waals surface area contributed by atoms with E-state index in [4.69, 9.17) is 4.98 Å². The van der Waals surface area contributed by atoms with E-state index in [1.54, 1.807) is 11.3 Å². The van der Waals surface area contributed by atoms with Crippen LogP contribution in [0.2, 0.25) is 0 Å². The first-order valence-electron chi connectivity index (χ1n) is 8.88. The molecule has 1 amide bonds. The highest BCUT2D eigenvalue weighted by molar-refractivity contribution is 7.22. The molecule has 1 heterocycles. The van der Waals surface area contributed by atoms with Crippen molar-refractivity contribution in [3.05, 3.63) is 59.7 Å². The Morgan fingerprint density at radius 3 is 2.60 bits per heavy atom. The summed E-state index contributed by atoms with van der Waals surface area (Å²) >= 11 is 1.62. The third-order valence-electron chi connectivity index (χ3n) is 4.67. The predicted octanol–water partition coefficient (Wildman–Crippen LogP) is 5.36. The molecule has 3 aromatic rings. The molecule has 0 aliphatic heterocycles. The smallest absolute Gasteiger partial charge is 0.232 e. The Morgan fingerprint density at radius 1 is 1.16 bits per heavy atom. The van der Waals surface area contributed by atoms with Crippen molar-refractivity contribution in [1.29, 1.82) is 0 Å². The van der Waals surface area contributed by atoms with Gasteiger partial charge in [-0.3, -0.25) is 9.69 Å². The van der Waals surface area contributed by atoms with Crippen molar-refractivity contribution in [3.8, 4) is 0 Å². The topological polar surface area (TPSA) is 33.2 Å². The number of anilines is 1. The van der Waals surface area contributed by atoms with Crippen LogP contribution in [-0.2, 0) is 11.3 Å². The summed E-state index contributed by atoms with van der Waals surface area (Å²) in [7, 11) is 0. The minimum Gasteiger partial charge on any atom is -0.283 e. The van der Waals surface area contributed by atoms with Crippen molar-refractivity contribution in [1.82, 2.24) is 4.98 Å². The van der Waals surface area contributed by atoms with Crippen LogP contribution in [0.4, 0.5) is 5.13 Å². The minimum absolute atomic E-state index is 0.181. The summed E-state index contributed by atoms with van der Waals surface area (Å²) in [5.74, 6) is 0.814. The highest BCUT2D eigenvalue weighted by Crippen LogP contribution is 2.38. The van der Waals surface area contributed by atoms with Crippen LogP contribution in [0.3, 0.4) is 0 Å². The average molecular weight is 350 g/mol. The lowest BCUT2D eigenvalue weighted by atomic mass is 10.0. The fourth-order valence-electron chi connectivity index (χ4n) is 3.10. The number of carbonyl (C=O) groups excluding carboxylic acids is 1. The summed E-state index contributed by atoms with van der Waals surface area (Å²) in [6.07, 6.45) is 2.01. The Bertz CT molecular complexity index is 897. The lowest BCUT2D eigenvalue weighted by molar-refractivity contribution is -0.119. The van der Waals surface area contributed by atoms with E-state index in [0.29, 0.717) is 12.5 Å². The SMILES string of the molecule is CC(C)c1cccc2sc(N(Cc3ccccc3)C(=O)C3CC3)nc12. The number of benzene rings is 2. The van der Waals surface area contributed by atoms with Gasteiger partial charge < -0.3 is 0 Å². The summed E-state index contributed by atoms with van der Waals surface area (Å²) in [5.41, 5.74) is 3.43. The molecule has 4 heteroatoms. The predicted molar refractivity (Wildman–Crippen MR) is 104 cm³/mol. The lowest BCUT2D eigenvalue weighted by Crippen LogP contribution is -2.31. The minimum atomic E-state index is 0.181. The normalized spacial score (nSPS) is 14.2. The molecule has 3 nitrogen and oxygen atoms in total. The Labute approximate surface area is 152 Å². The molecule has 1 aliphatic rings. The van der Waals surface area contributed by atoms with Crippen LogP contribution in [0.1, 0.15) is 43.7 Å². The number of fused-ring (bicyclic) bond motifs is 1. The van der Waals surface area contributed by atoms with Gasteiger partial charge in [0.1, 0.15) is 0 Å². The molecular weight excluding hydrogens is 328 g/mol. The first kappa shape index (κ1) is 16.3. The zero-order valence-electron chi connectivity index (χ0n) is 14.6. The fraction of sp³-hybridized carbons (Fsp3) is 0.333. The molecule has 0 unspecified atom stereocenters. The second-order valence-corrected chi connectivity index (χ2v) is 8.04. The standard InChI is InChI=1S/C21H22N2OS/c1-14(2)17-9-6-10-18-19(17)22-21(25-18)23(20(24)16-11-12-16)13-15-7-4-3-5-8-15/h3-10,14,16H,11-13H2,1-2H3. The molecule has 1 fully saturated rings. The van der Waals surface area contributed by atoms with Gasteiger partial charge in [0.25, 0.3) is 0 Å². The number of rotatable bonds is 5. The first-order chi connectivity index (χ1) is 12.1. The number of hydrogen-bond donors (Lipinski definition) is 0. The van der Waals surface area contributed by atoms with E-state index < -0.39 is 0 Å². The quantitative estimate of drug-likeness (QED) is 0.620. The highest BCUT2D eigenvalue weighted by Gasteiger charge is 2.35. The van der Waals surface area contributed by atoms with Crippen molar-refractivity contribution < 1.29 is 4.79 Å². The van der Waals surface area contributed by atoms with E-state index in [9.17, 15) is 4.79 Å². The van der Waals surface area contributed by atoms with Crippen LogP contribution in [0, 0.1) is 5.92 Å². The number of nitrogens with zero attached hydrogens (tertiary/aromatic N) is 2. The van der Waals surface area contributed by atoms with E-state index in [1.807, 2.05) is 23.1 Å². The molecule has 0 bridgehead atoms. The summed E-state index contributed by atoms with van der Waals surface area (Å²) in [4.78, 5) is 19.7. The average Bonchev–Trinajstić information content (AvgIpc) is 3.38. The highest BCUT2D eigenvalue weighted by atomic mass is 32.1. The molecule has 1 aliphatic carbocycles. The molecule has 128 valence electrons. The van der Waals surface area contributed by atoms with Gasteiger partial charge in [0.15, 0.2) is 5.13 Å². The first-order valence-corrected chi connectivity index (χ1v) is 9.70.